The summed E-state index contributed by atoms with van der Waals surface area (Å²) in [5, 5.41) is 24.5. The molecular formula is C16H18ClN7O3S. The predicted octanol–water partition coefficient (Wildman–Crippen LogP) is 1.32. The summed E-state index contributed by atoms with van der Waals surface area (Å²) in [6.45, 7) is 0.654. The lowest BCUT2D eigenvalue weighted by molar-refractivity contribution is 0.269. The van der Waals surface area contributed by atoms with Gasteiger partial charge in [0.25, 0.3) is 0 Å². The maximum absolute atomic E-state index is 11.5. The number of nitrogens with two attached hydrogens (primary N) is 1. The number of aliphatic hydroxyl groups excluding tert-OH is 1. The van der Waals surface area contributed by atoms with Crippen LogP contribution < -0.4 is 15.8 Å². The number of hydrogen-bond acceptors (Lipinski definition) is 8. The predicted molar refractivity (Wildman–Crippen MR) is 105 cm³/mol. The van der Waals surface area contributed by atoms with E-state index in [1.807, 2.05) is 0 Å². The van der Waals surface area contributed by atoms with Crippen LogP contribution in [0.2, 0.25) is 5.02 Å². The number of hydrogen-bond donors (Lipinski definition) is 4. The van der Waals surface area contributed by atoms with Gasteiger partial charge in [-0.2, -0.15) is 10.1 Å². The van der Waals surface area contributed by atoms with E-state index in [4.69, 9.17) is 21.8 Å². The molecule has 28 heavy (non-hydrogen) atoms. The first-order valence-corrected chi connectivity index (χ1v) is 10.1. The standard InChI is InChI=1S/C16H18ClN7O3S/c17-14-9-20-16(22-12-8-21-24(10-12)4-5-25)23-15(14)19-7-11-2-1-3-13(6-11)28(18,26)27/h1-3,6,8-10,25H,4-5,7H2,(H2,18,26,27)(H2,19,20,22,23). The Balaban J connectivity index is 1.71. The Morgan fingerprint density at radius 1 is 1.29 bits per heavy atom. The van der Waals surface area contributed by atoms with Crippen molar-refractivity contribution in [2.24, 2.45) is 5.14 Å². The molecule has 12 heteroatoms. The third-order valence-electron chi connectivity index (χ3n) is 3.65. The number of sulfonamides is 1. The third-order valence-corrected chi connectivity index (χ3v) is 4.84. The third kappa shape index (κ3) is 5.16. The van der Waals surface area contributed by atoms with E-state index in [1.54, 1.807) is 29.2 Å². The fourth-order valence-corrected chi connectivity index (χ4v) is 3.09. The first kappa shape index (κ1) is 20.0. The molecule has 2 aromatic heterocycles. The van der Waals surface area contributed by atoms with E-state index in [1.165, 1.54) is 18.3 Å². The number of aliphatic hydroxyl groups is 1. The summed E-state index contributed by atoms with van der Waals surface area (Å²) in [5.74, 6) is 0.677. The molecule has 0 fully saturated rings. The molecule has 0 radical (unpaired) electrons. The molecule has 0 aliphatic heterocycles. The molecule has 1 aromatic carbocycles. The number of primary sulfonamides is 1. The summed E-state index contributed by atoms with van der Waals surface area (Å²) in [5.41, 5.74) is 1.35. The van der Waals surface area contributed by atoms with Crippen molar-refractivity contribution in [3.05, 3.63) is 53.4 Å². The number of aromatic nitrogens is 4. The van der Waals surface area contributed by atoms with Crippen LogP contribution in [0.5, 0.6) is 0 Å². The van der Waals surface area contributed by atoms with Crippen LogP contribution in [-0.2, 0) is 23.1 Å². The molecule has 5 N–H and O–H groups in total. The average Bonchev–Trinajstić information content (AvgIpc) is 3.09. The second-order valence-corrected chi connectivity index (χ2v) is 7.75. The van der Waals surface area contributed by atoms with E-state index in [0.717, 1.165) is 0 Å². The summed E-state index contributed by atoms with van der Waals surface area (Å²) in [7, 11) is -3.77. The Hall–Kier alpha value is -2.73. The quantitative estimate of drug-likeness (QED) is 0.424. The van der Waals surface area contributed by atoms with E-state index < -0.39 is 10.0 Å². The molecule has 0 atom stereocenters. The molecule has 3 aromatic rings. The van der Waals surface area contributed by atoms with Crippen molar-refractivity contribution in [1.29, 1.82) is 0 Å². The lowest BCUT2D eigenvalue weighted by atomic mass is 10.2. The summed E-state index contributed by atoms with van der Waals surface area (Å²) < 4.78 is 24.5. The molecule has 0 saturated heterocycles. The molecule has 148 valence electrons. The van der Waals surface area contributed by atoms with Gasteiger partial charge in [-0.3, -0.25) is 4.68 Å². The van der Waals surface area contributed by atoms with Gasteiger partial charge in [-0.05, 0) is 17.7 Å². The van der Waals surface area contributed by atoms with E-state index in [0.29, 0.717) is 34.6 Å². The molecule has 0 saturated carbocycles. The Kier molecular flexibility index (Phi) is 6.09. The molecular weight excluding hydrogens is 406 g/mol. The van der Waals surface area contributed by atoms with Crippen molar-refractivity contribution in [3.8, 4) is 0 Å². The second-order valence-electron chi connectivity index (χ2n) is 5.78. The Bertz CT molecular complexity index is 1070. The molecule has 3 rings (SSSR count). The van der Waals surface area contributed by atoms with Crippen LogP contribution >= 0.6 is 11.6 Å². The SMILES string of the molecule is NS(=O)(=O)c1cccc(CNc2nc(Nc3cnn(CCO)c3)ncc2Cl)c1. The Morgan fingerprint density at radius 3 is 2.86 bits per heavy atom. The molecule has 2 heterocycles. The van der Waals surface area contributed by atoms with Crippen molar-refractivity contribution in [1.82, 2.24) is 19.7 Å². The molecule has 0 aliphatic carbocycles. The minimum Gasteiger partial charge on any atom is -0.394 e. The highest BCUT2D eigenvalue weighted by atomic mass is 35.5. The Morgan fingerprint density at radius 2 is 2.11 bits per heavy atom. The lowest BCUT2D eigenvalue weighted by Gasteiger charge is -2.10. The van der Waals surface area contributed by atoms with Gasteiger partial charge in [-0.25, -0.2) is 18.5 Å². The van der Waals surface area contributed by atoms with Gasteiger partial charge >= 0.3 is 0 Å². The zero-order chi connectivity index (χ0) is 20.1. The normalized spacial score (nSPS) is 11.4. The minimum atomic E-state index is -3.77. The zero-order valence-electron chi connectivity index (χ0n) is 14.6. The first-order chi connectivity index (χ1) is 13.3. The van der Waals surface area contributed by atoms with E-state index in [9.17, 15) is 8.42 Å². The van der Waals surface area contributed by atoms with Gasteiger partial charge in [-0.1, -0.05) is 23.7 Å². The van der Waals surface area contributed by atoms with Crippen LogP contribution in [0.1, 0.15) is 5.56 Å². The maximum atomic E-state index is 11.5. The fourth-order valence-electron chi connectivity index (χ4n) is 2.35. The highest BCUT2D eigenvalue weighted by Crippen LogP contribution is 2.22. The van der Waals surface area contributed by atoms with Crippen LogP contribution in [0.4, 0.5) is 17.5 Å². The smallest absolute Gasteiger partial charge is 0.238 e. The van der Waals surface area contributed by atoms with Crippen LogP contribution in [0.3, 0.4) is 0 Å². The van der Waals surface area contributed by atoms with Gasteiger partial charge in [0.15, 0.2) is 5.82 Å². The van der Waals surface area contributed by atoms with Gasteiger partial charge < -0.3 is 15.7 Å². The number of halogens is 1. The summed E-state index contributed by atoms with van der Waals surface area (Å²) in [6.07, 6.45) is 4.73. The number of nitrogens with zero attached hydrogens (tertiary/aromatic N) is 4. The second kappa shape index (κ2) is 8.52. The van der Waals surface area contributed by atoms with Crippen molar-refractivity contribution in [2.75, 3.05) is 17.2 Å². The van der Waals surface area contributed by atoms with Gasteiger partial charge in [-0.15, -0.1) is 0 Å². The first-order valence-electron chi connectivity index (χ1n) is 8.13. The molecule has 0 spiro atoms. The summed E-state index contributed by atoms with van der Waals surface area (Å²) in [4.78, 5) is 8.46. The van der Waals surface area contributed by atoms with Gasteiger partial charge in [0.2, 0.25) is 16.0 Å². The Labute approximate surface area is 166 Å². The zero-order valence-corrected chi connectivity index (χ0v) is 16.2. The van der Waals surface area contributed by atoms with Crippen molar-refractivity contribution >= 4 is 39.1 Å². The minimum absolute atomic E-state index is 0.0146. The summed E-state index contributed by atoms with van der Waals surface area (Å²) >= 11 is 6.14. The van der Waals surface area contributed by atoms with Crippen LogP contribution in [-0.4, -0.2) is 39.9 Å². The maximum Gasteiger partial charge on any atom is 0.238 e. The number of benzene rings is 1. The van der Waals surface area contributed by atoms with Gasteiger partial charge in [0.05, 0.1) is 36.1 Å². The highest BCUT2D eigenvalue weighted by molar-refractivity contribution is 7.89. The van der Waals surface area contributed by atoms with Crippen molar-refractivity contribution < 1.29 is 13.5 Å². The van der Waals surface area contributed by atoms with Gasteiger partial charge in [0.1, 0.15) is 5.02 Å². The fraction of sp³-hybridized carbons (Fsp3) is 0.188. The molecule has 0 bridgehead atoms. The lowest BCUT2D eigenvalue weighted by Crippen LogP contribution is -2.12. The monoisotopic (exact) mass is 423 g/mol. The summed E-state index contributed by atoms with van der Waals surface area (Å²) in [6, 6.07) is 6.27. The van der Waals surface area contributed by atoms with Crippen molar-refractivity contribution in [3.63, 3.8) is 0 Å². The largest absolute Gasteiger partial charge is 0.394 e. The van der Waals surface area contributed by atoms with Gasteiger partial charge in [0, 0.05) is 12.7 Å². The molecule has 0 amide bonds. The molecule has 10 nitrogen and oxygen atoms in total. The highest BCUT2D eigenvalue weighted by Gasteiger charge is 2.10. The number of rotatable bonds is 8. The topological polar surface area (TPSA) is 148 Å². The number of nitrogens with one attached hydrogen (secondary N) is 2. The van der Waals surface area contributed by atoms with E-state index in [2.05, 4.69) is 25.7 Å². The van der Waals surface area contributed by atoms with Crippen molar-refractivity contribution in [2.45, 2.75) is 18.0 Å². The van der Waals surface area contributed by atoms with Crippen LogP contribution in [0.25, 0.3) is 0 Å². The number of anilines is 3. The van der Waals surface area contributed by atoms with Crippen LogP contribution in [0, 0.1) is 0 Å². The van der Waals surface area contributed by atoms with E-state index >= 15 is 0 Å². The van der Waals surface area contributed by atoms with Crippen LogP contribution in [0.15, 0.2) is 47.8 Å². The average molecular weight is 424 g/mol. The van der Waals surface area contributed by atoms with E-state index in [-0.39, 0.29) is 18.0 Å². The molecule has 0 aliphatic rings. The molecule has 0 unspecified atom stereocenters.